The minimum atomic E-state index is -0.646. The molecule has 0 radical (unpaired) electrons. The zero-order valence-corrected chi connectivity index (χ0v) is 21.0. The van der Waals surface area contributed by atoms with Crippen LogP contribution < -0.4 is 10.1 Å². The Morgan fingerprint density at radius 2 is 1.91 bits per heavy atom. The number of carbonyl (C=O) groups is 2. The number of nitrogens with one attached hydrogen (secondary N) is 1. The quantitative estimate of drug-likeness (QED) is 0.445. The maximum atomic E-state index is 13.2. The van der Waals surface area contributed by atoms with Gasteiger partial charge in [-0.2, -0.15) is 0 Å². The van der Waals surface area contributed by atoms with Gasteiger partial charge in [0.2, 0.25) is 5.91 Å². The molecule has 172 valence electrons. The second kappa shape index (κ2) is 11.9. The van der Waals surface area contributed by atoms with Crippen molar-refractivity contribution in [2.75, 3.05) is 6.61 Å². The highest BCUT2D eigenvalue weighted by Crippen LogP contribution is 2.27. The van der Waals surface area contributed by atoms with Gasteiger partial charge in [0.05, 0.1) is 5.02 Å². The summed E-state index contributed by atoms with van der Waals surface area (Å²) in [5.41, 5.74) is 0.912. The van der Waals surface area contributed by atoms with E-state index in [0.29, 0.717) is 15.8 Å². The Labute approximate surface area is 207 Å². The van der Waals surface area contributed by atoms with Gasteiger partial charge in [-0.25, -0.2) is 0 Å². The largest absolute Gasteiger partial charge is 0.482 e. The van der Waals surface area contributed by atoms with Gasteiger partial charge in [-0.3, -0.25) is 9.59 Å². The number of hydrogen-bond acceptors (Lipinski definition) is 3. The molecule has 1 aliphatic carbocycles. The van der Waals surface area contributed by atoms with Gasteiger partial charge in [0, 0.05) is 22.1 Å². The molecule has 5 nitrogen and oxygen atoms in total. The standard InChI is InChI=1S/C24H27BrCl2N2O3/c1-16(24(31)28-20-8-3-2-4-9-20)29(14-17-6-5-7-18(25)12-17)23(30)15-32-22-11-10-19(26)13-21(22)27/h5-7,10-13,16,20H,2-4,8-9,14-15H2,1H3,(H,28,31)/t16-/m0/s1. The highest BCUT2D eigenvalue weighted by atomic mass is 79.9. The van der Waals surface area contributed by atoms with Gasteiger partial charge in [0.25, 0.3) is 5.91 Å². The van der Waals surface area contributed by atoms with E-state index >= 15 is 0 Å². The number of carbonyl (C=O) groups excluding carboxylic acids is 2. The Kier molecular flexibility index (Phi) is 9.26. The van der Waals surface area contributed by atoms with Crippen molar-refractivity contribution >= 4 is 50.9 Å². The Bertz CT molecular complexity index is 951. The van der Waals surface area contributed by atoms with Crippen LogP contribution in [0.1, 0.15) is 44.6 Å². The second-order valence-corrected chi connectivity index (χ2v) is 9.79. The van der Waals surface area contributed by atoms with Crippen LogP contribution >= 0.6 is 39.1 Å². The molecule has 32 heavy (non-hydrogen) atoms. The first-order valence-electron chi connectivity index (χ1n) is 10.8. The highest BCUT2D eigenvalue weighted by Gasteiger charge is 2.28. The van der Waals surface area contributed by atoms with E-state index in [1.54, 1.807) is 30.0 Å². The first-order valence-corrected chi connectivity index (χ1v) is 12.3. The highest BCUT2D eigenvalue weighted by molar-refractivity contribution is 9.10. The van der Waals surface area contributed by atoms with E-state index in [0.717, 1.165) is 35.7 Å². The molecular formula is C24H27BrCl2N2O3. The van der Waals surface area contributed by atoms with E-state index < -0.39 is 6.04 Å². The Balaban J connectivity index is 1.72. The van der Waals surface area contributed by atoms with Gasteiger partial charge in [-0.05, 0) is 55.7 Å². The van der Waals surface area contributed by atoms with Gasteiger partial charge < -0.3 is 15.0 Å². The molecule has 2 aromatic carbocycles. The summed E-state index contributed by atoms with van der Waals surface area (Å²) >= 11 is 15.5. The lowest BCUT2D eigenvalue weighted by Gasteiger charge is -2.31. The van der Waals surface area contributed by atoms with Crippen molar-refractivity contribution in [2.45, 2.75) is 57.7 Å². The molecule has 1 saturated carbocycles. The van der Waals surface area contributed by atoms with E-state index in [2.05, 4.69) is 21.2 Å². The second-order valence-electron chi connectivity index (χ2n) is 8.03. The molecule has 0 bridgehead atoms. The minimum Gasteiger partial charge on any atom is -0.482 e. The molecular weight excluding hydrogens is 515 g/mol. The lowest BCUT2D eigenvalue weighted by atomic mass is 9.95. The summed E-state index contributed by atoms with van der Waals surface area (Å²) in [6.45, 7) is 1.80. The average molecular weight is 542 g/mol. The average Bonchev–Trinajstić information content (AvgIpc) is 2.77. The number of rotatable bonds is 8. The van der Waals surface area contributed by atoms with Crippen LogP contribution in [0.15, 0.2) is 46.9 Å². The third-order valence-electron chi connectivity index (χ3n) is 5.61. The van der Waals surface area contributed by atoms with Gasteiger partial charge >= 0.3 is 0 Å². The van der Waals surface area contributed by atoms with Crippen molar-refractivity contribution in [3.05, 3.63) is 62.5 Å². The van der Waals surface area contributed by atoms with Crippen molar-refractivity contribution < 1.29 is 14.3 Å². The van der Waals surface area contributed by atoms with Crippen molar-refractivity contribution in [3.63, 3.8) is 0 Å². The molecule has 2 amide bonds. The SMILES string of the molecule is C[C@@H](C(=O)NC1CCCCC1)N(Cc1cccc(Br)c1)C(=O)COc1ccc(Cl)cc1Cl. The molecule has 0 spiro atoms. The zero-order valence-electron chi connectivity index (χ0n) is 18.0. The van der Waals surface area contributed by atoms with Crippen LogP contribution in [0.4, 0.5) is 0 Å². The van der Waals surface area contributed by atoms with Crippen LogP contribution in [0.25, 0.3) is 0 Å². The molecule has 3 rings (SSSR count). The number of amides is 2. The molecule has 0 aliphatic heterocycles. The fourth-order valence-corrected chi connectivity index (χ4v) is 4.71. The zero-order chi connectivity index (χ0) is 23.1. The van der Waals surface area contributed by atoms with Crippen molar-refractivity contribution in [1.29, 1.82) is 0 Å². The summed E-state index contributed by atoms with van der Waals surface area (Å²) in [6.07, 6.45) is 5.41. The minimum absolute atomic E-state index is 0.148. The maximum absolute atomic E-state index is 13.2. The number of nitrogens with zero attached hydrogens (tertiary/aromatic N) is 1. The maximum Gasteiger partial charge on any atom is 0.261 e. The van der Waals surface area contributed by atoms with E-state index in [1.165, 1.54) is 6.42 Å². The topological polar surface area (TPSA) is 58.6 Å². The predicted molar refractivity (Wildman–Crippen MR) is 131 cm³/mol. The molecule has 0 heterocycles. The van der Waals surface area contributed by atoms with Crippen LogP contribution in [0.5, 0.6) is 5.75 Å². The fraction of sp³-hybridized carbons (Fsp3) is 0.417. The normalized spacial score (nSPS) is 15.1. The van der Waals surface area contributed by atoms with Gasteiger partial charge in [0.1, 0.15) is 11.8 Å². The third-order valence-corrected chi connectivity index (χ3v) is 6.63. The molecule has 1 atom stereocenters. The monoisotopic (exact) mass is 540 g/mol. The third kappa shape index (κ3) is 7.12. The van der Waals surface area contributed by atoms with Crippen LogP contribution in [0.2, 0.25) is 10.0 Å². The number of hydrogen-bond donors (Lipinski definition) is 1. The molecule has 1 aliphatic rings. The number of ether oxygens (including phenoxy) is 1. The molecule has 2 aromatic rings. The van der Waals surface area contributed by atoms with Gasteiger partial charge in [0.15, 0.2) is 6.61 Å². The fourth-order valence-electron chi connectivity index (χ4n) is 3.80. The smallest absolute Gasteiger partial charge is 0.261 e. The summed E-state index contributed by atoms with van der Waals surface area (Å²) in [7, 11) is 0. The van der Waals surface area contributed by atoms with E-state index in [4.69, 9.17) is 27.9 Å². The van der Waals surface area contributed by atoms with Gasteiger partial charge in [-0.1, -0.05) is 70.5 Å². The summed E-state index contributed by atoms with van der Waals surface area (Å²) in [6, 6.07) is 12.0. The predicted octanol–water partition coefficient (Wildman–Crippen LogP) is 6.00. The van der Waals surface area contributed by atoms with Crippen molar-refractivity contribution in [3.8, 4) is 5.75 Å². The summed E-state index contributed by atoms with van der Waals surface area (Å²) in [5.74, 6) is -0.0850. The summed E-state index contributed by atoms with van der Waals surface area (Å²) < 4.78 is 6.56. The molecule has 0 unspecified atom stereocenters. The molecule has 0 aromatic heterocycles. The number of benzene rings is 2. The van der Waals surface area contributed by atoms with Gasteiger partial charge in [-0.15, -0.1) is 0 Å². The molecule has 8 heteroatoms. The van der Waals surface area contributed by atoms with Crippen LogP contribution in [-0.2, 0) is 16.1 Å². The van der Waals surface area contributed by atoms with Crippen LogP contribution in [0, 0.1) is 0 Å². The van der Waals surface area contributed by atoms with E-state index in [1.807, 2.05) is 24.3 Å². The van der Waals surface area contributed by atoms with E-state index in [9.17, 15) is 9.59 Å². The molecule has 0 saturated heterocycles. The lowest BCUT2D eigenvalue weighted by Crippen LogP contribution is -2.51. The van der Waals surface area contributed by atoms with Crippen LogP contribution in [-0.4, -0.2) is 35.4 Å². The van der Waals surface area contributed by atoms with Crippen LogP contribution in [0.3, 0.4) is 0 Å². The van der Waals surface area contributed by atoms with Crippen molar-refractivity contribution in [2.24, 2.45) is 0 Å². The Morgan fingerprint density at radius 3 is 2.59 bits per heavy atom. The van der Waals surface area contributed by atoms with E-state index in [-0.39, 0.29) is 31.0 Å². The first kappa shape index (κ1) is 24.9. The van der Waals surface area contributed by atoms with Crippen molar-refractivity contribution in [1.82, 2.24) is 10.2 Å². The summed E-state index contributed by atoms with van der Waals surface area (Å²) in [4.78, 5) is 27.7. The Hall–Kier alpha value is -1.76. The Morgan fingerprint density at radius 1 is 1.16 bits per heavy atom. The molecule has 1 fully saturated rings. The first-order chi connectivity index (χ1) is 15.3. The lowest BCUT2D eigenvalue weighted by molar-refractivity contribution is -0.142. The summed E-state index contributed by atoms with van der Waals surface area (Å²) in [5, 5.41) is 3.93. The molecule has 1 N–H and O–H groups in total. The number of halogens is 3.